The lowest BCUT2D eigenvalue weighted by Crippen LogP contribution is -2.42. The van der Waals surface area contributed by atoms with Gasteiger partial charge in [0.25, 0.3) is 0 Å². The maximum Gasteiger partial charge on any atom is 0.0540 e. The Morgan fingerprint density at radius 1 is 1.47 bits per heavy atom. The molecule has 19 heavy (non-hydrogen) atoms. The molecule has 104 valence electrons. The maximum atomic E-state index is 8.71. The van der Waals surface area contributed by atoms with Crippen LogP contribution >= 0.6 is 23.1 Å². The molecule has 2 nitrogen and oxygen atoms in total. The minimum atomic E-state index is 0.143. The van der Waals surface area contributed by atoms with Crippen LogP contribution in [0.4, 0.5) is 0 Å². The summed E-state index contributed by atoms with van der Waals surface area (Å²) in [7, 11) is 0. The summed E-state index contributed by atoms with van der Waals surface area (Å²) in [6.45, 7) is 8.16. The van der Waals surface area contributed by atoms with Gasteiger partial charge < -0.3 is 5.11 Å². The molecule has 0 saturated carbocycles. The topological polar surface area (TPSA) is 23.5 Å². The smallest absolute Gasteiger partial charge is 0.0540 e. The summed E-state index contributed by atoms with van der Waals surface area (Å²) in [5.41, 5.74) is 1.08. The van der Waals surface area contributed by atoms with E-state index in [2.05, 4.69) is 53.8 Å². The van der Waals surface area contributed by atoms with Crippen LogP contribution in [0.1, 0.15) is 30.7 Å². The van der Waals surface area contributed by atoms with E-state index in [1.807, 2.05) is 0 Å². The van der Waals surface area contributed by atoms with E-state index in [-0.39, 0.29) is 6.61 Å². The van der Waals surface area contributed by atoms with Gasteiger partial charge in [0.1, 0.15) is 0 Å². The van der Waals surface area contributed by atoms with Crippen LogP contribution in [-0.2, 0) is 6.54 Å². The predicted octanol–water partition coefficient (Wildman–Crippen LogP) is 2.81. The van der Waals surface area contributed by atoms with E-state index in [0.717, 1.165) is 18.7 Å². The lowest BCUT2D eigenvalue weighted by molar-refractivity contribution is 0.254. The number of rotatable bonds is 3. The molecule has 1 aromatic heterocycles. The molecule has 1 saturated heterocycles. The molecule has 1 aliphatic rings. The molecule has 0 unspecified atom stereocenters. The fourth-order valence-corrected chi connectivity index (χ4v) is 4.25. The molecule has 4 heteroatoms. The van der Waals surface area contributed by atoms with Crippen molar-refractivity contribution in [2.24, 2.45) is 0 Å². The van der Waals surface area contributed by atoms with Crippen molar-refractivity contribution in [2.45, 2.75) is 31.6 Å². The summed E-state index contributed by atoms with van der Waals surface area (Å²) >= 11 is 3.86. The summed E-state index contributed by atoms with van der Waals surface area (Å²) in [5.74, 6) is 7.29. The van der Waals surface area contributed by atoms with Crippen LogP contribution in [0.25, 0.3) is 0 Å². The van der Waals surface area contributed by atoms with Crippen molar-refractivity contribution < 1.29 is 5.11 Å². The van der Waals surface area contributed by atoms with Crippen molar-refractivity contribution in [2.75, 3.05) is 25.4 Å². The second kappa shape index (κ2) is 6.81. The Hall–Kier alpha value is -0.470. The third-order valence-electron chi connectivity index (χ3n) is 3.01. The third kappa shape index (κ3) is 4.85. The average Bonchev–Trinajstić information content (AvgIpc) is 2.76. The summed E-state index contributed by atoms with van der Waals surface area (Å²) in [5, 5.41) is 10.8. The first kappa shape index (κ1) is 14.9. The van der Waals surface area contributed by atoms with Crippen LogP contribution in [0.2, 0.25) is 0 Å². The fourth-order valence-electron chi connectivity index (χ4n) is 2.22. The Bertz CT molecular complexity index is 470. The van der Waals surface area contributed by atoms with Gasteiger partial charge in [0.2, 0.25) is 0 Å². The third-order valence-corrected chi connectivity index (χ3v) is 5.23. The molecule has 1 fully saturated rings. The molecule has 0 aromatic carbocycles. The number of hydrogen-bond acceptors (Lipinski definition) is 4. The quantitative estimate of drug-likeness (QED) is 0.868. The number of aliphatic hydroxyl groups excluding tert-OH is 1. The zero-order valence-corrected chi connectivity index (χ0v) is 13.2. The van der Waals surface area contributed by atoms with E-state index < -0.39 is 0 Å². The Morgan fingerprint density at radius 3 is 3.05 bits per heavy atom. The van der Waals surface area contributed by atoms with Crippen LogP contribution in [0.5, 0.6) is 0 Å². The summed E-state index contributed by atoms with van der Waals surface area (Å²) in [4.78, 5) is 3.92. The highest BCUT2D eigenvalue weighted by atomic mass is 32.2. The first-order chi connectivity index (χ1) is 9.09. The highest BCUT2D eigenvalue weighted by Gasteiger charge is 2.26. The van der Waals surface area contributed by atoms with Crippen molar-refractivity contribution >= 4 is 23.1 Å². The molecule has 1 aromatic rings. The molecule has 2 heterocycles. The van der Waals surface area contributed by atoms with Crippen LogP contribution in [0, 0.1) is 11.8 Å². The van der Waals surface area contributed by atoms with E-state index in [4.69, 9.17) is 5.11 Å². The van der Waals surface area contributed by atoms with E-state index in [1.165, 1.54) is 17.2 Å². The summed E-state index contributed by atoms with van der Waals surface area (Å²) in [6, 6.07) is 2.18. The molecule has 1 N–H and O–H groups in total. The van der Waals surface area contributed by atoms with Gasteiger partial charge in [-0.05, 0) is 19.9 Å². The van der Waals surface area contributed by atoms with Gasteiger partial charge in [-0.25, -0.2) is 0 Å². The second-order valence-electron chi connectivity index (χ2n) is 5.40. The minimum absolute atomic E-state index is 0.143. The average molecular weight is 295 g/mol. The molecule has 0 aliphatic carbocycles. The first-order valence-corrected chi connectivity index (χ1v) is 8.49. The van der Waals surface area contributed by atoms with Gasteiger partial charge in [0, 0.05) is 52.4 Å². The first-order valence-electron chi connectivity index (χ1n) is 6.62. The number of thioether (sulfide) groups is 1. The number of thiophene rings is 1. The van der Waals surface area contributed by atoms with E-state index in [9.17, 15) is 0 Å². The zero-order valence-electron chi connectivity index (χ0n) is 11.6. The standard InChI is InChI=1S/C15H21NOS2/c1-15(2)12-16(6-8-19-15)10-14-9-13(11-18-14)5-3-4-7-17/h9,11,17H,4,6-8,10,12H2,1-2H3. The van der Waals surface area contributed by atoms with Crippen molar-refractivity contribution in [3.63, 3.8) is 0 Å². The zero-order chi connectivity index (χ0) is 13.7. The minimum Gasteiger partial charge on any atom is -0.395 e. The van der Waals surface area contributed by atoms with Gasteiger partial charge >= 0.3 is 0 Å². The molecule has 0 bridgehead atoms. The van der Waals surface area contributed by atoms with Crippen molar-refractivity contribution in [3.8, 4) is 11.8 Å². The summed E-state index contributed by atoms with van der Waals surface area (Å²) < 4.78 is 0.374. The van der Waals surface area contributed by atoms with Crippen molar-refractivity contribution in [3.05, 3.63) is 21.9 Å². The van der Waals surface area contributed by atoms with E-state index >= 15 is 0 Å². The van der Waals surface area contributed by atoms with Gasteiger partial charge in [-0.1, -0.05) is 11.8 Å². The summed E-state index contributed by atoms with van der Waals surface area (Å²) in [6.07, 6.45) is 0.558. The van der Waals surface area contributed by atoms with Gasteiger partial charge in [-0.3, -0.25) is 4.90 Å². The van der Waals surface area contributed by atoms with Gasteiger partial charge in [0.05, 0.1) is 6.61 Å². The monoisotopic (exact) mass is 295 g/mol. The predicted molar refractivity (Wildman–Crippen MR) is 84.7 cm³/mol. The number of nitrogens with zero attached hydrogens (tertiary/aromatic N) is 1. The SMILES string of the molecule is CC1(C)CN(Cc2cc(C#CCCO)cs2)CCS1. The highest BCUT2D eigenvalue weighted by Crippen LogP contribution is 2.30. The van der Waals surface area contributed by atoms with Crippen LogP contribution in [0.15, 0.2) is 11.4 Å². The molecule has 0 amide bonds. The molecular weight excluding hydrogens is 274 g/mol. The van der Waals surface area contributed by atoms with Gasteiger partial charge in [-0.15, -0.1) is 11.3 Å². The van der Waals surface area contributed by atoms with E-state index in [0.29, 0.717) is 11.2 Å². The maximum absolute atomic E-state index is 8.71. The van der Waals surface area contributed by atoms with Crippen molar-refractivity contribution in [1.82, 2.24) is 4.90 Å². The second-order valence-corrected chi connectivity index (χ2v) is 8.19. The van der Waals surface area contributed by atoms with Crippen LogP contribution < -0.4 is 0 Å². The Morgan fingerprint density at radius 2 is 2.32 bits per heavy atom. The number of aliphatic hydroxyl groups is 1. The molecule has 2 rings (SSSR count). The largest absolute Gasteiger partial charge is 0.395 e. The molecular formula is C15H21NOS2. The van der Waals surface area contributed by atoms with Gasteiger partial charge in [0.15, 0.2) is 0 Å². The molecule has 1 aliphatic heterocycles. The number of hydrogen-bond donors (Lipinski definition) is 1. The van der Waals surface area contributed by atoms with Crippen LogP contribution in [0.3, 0.4) is 0 Å². The van der Waals surface area contributed by atoms with Crippen molar-refractivity contribution in [1.29, 1.82) is 0 Å². The Labute approximate surface area is 124 Å². The highest BCUT2D eigenvalue weighted by molar-refractivity contribution is 8.00. The molecule has 0 radical (unpaired) electrons. The normalized spacial score (nSPS) is 18.9. The Balaban J connectivity index is 1.91. The lowest BCUT2D eigenvalue weighted by atomic mass is 10.2. The lowest BCUT2D eigenvalue weighted by Gasteiger charge is -2.37. The molecule has 0 atom stereocenters. The van der Waals surface area contributed by atoms with Gasteiger partial charge in [-0.2, -0.15) is 11.8 Å². The Kier molecular flexibility index (Phi) is 5.35. The van der Waals surface area contributed by atoms with E-state index in [1.54, 1.807) is 11.3 Å². The van der Waals surface area contributed by atoms with Crippen LogP contribution in [-0.4, -0.2) is 40.2 Å². The molecule has 0 spiro atoms. The fraction of sp³-hybridized carbons (Fsp3) is 0.600.